The van der Waals surface area contributed by atoms with Crippen molar-refractivity contribution < 1.29 is 23.9 Å². The monoisotopic (exact) mass is 555 g/mol. The van der Waals surface area contributed by atoms with Crippen LogP contribution in [-0.4, -0.2) is 40.5 Å². The molecule has 0 unspecified atom stereocenters. The Morgan fingerprint density at radius 1 is 0.881 bits per heavy atom. The number of carbonyl (C=O) groups is 4. The molecular weight excluding hydrogens is 530 g/mol. The van der Waals surface area contributed by atoms with Crippen molar-refractivity contribution in [2.45, 2.75) is 24.4 Å². The van der Waals surface area contributed by atoms with Crippen LogP contribution in [0.15, 0.2) is 103 Å². The lowest BCUT2D eigenvalue weighted by Gasteiger charge is -2.37. The van der Waals surface area contributed by atoms with Gasteiger partial charge in [-0.2, -0.15) is 0 Å². The Labute approximate surface area is 241 Å². The van der Waals surface area contributed by atoms with E-state index in [0.29, 0.717) is 22.6 Å². The molecular formula is C34H25N3O5. The third-order valence-corrected chi connectivity index (χ3v) is 8.41. The van der Waals surface area contributed by atoms with Gasteiger partial charge in [-0.3, -0.25) is 24.2 Å². The summed E-state index contributed by atoms with van der Waals surface area (Å²) in [5, 5.41) is 3.02. The fourth-order valence-electron chi connectivity index (χ4n) is 6.81. The molecule has 7 rings (SSSR count). The molecule has 4 heterocycles. The predicted octanol–water partition coefficient (Wildman–Crippen LogP) is 4.86. The summed E-state index contributed by atoms with van der Waals surface area (Å²) >= 11 is 0. The summed E-state index contributed by atoms with van der Waals surface area (Å²) in [4.78, 5) is 61.4. The molecule has 42 heavy (non-hydrogen) atoms. The molecule has 3 aromatic carbocycles. The molecule has 0 bridgehead atoms. The molecule has 3 aliphatic heterocycles. The molecule has 3 aliphatic rings. The van der Waals surface area contributed by atoms with Gasteiger partial charge in [0, 0.05) is 30.1 Å². The highest BCUT2D eigenvalue weighted by molar-refractivity contribution is 6.18. The minimum absolute atomic E-state index is 0.180. The number of fused-ring (bicyclic) bond motifs is 6. The molecule has 1 N–H and O–H groups in total. The summed E-state index contributed by atoms with van der Waals surface area (Å²) in [7, 11) is 0. The van der Waals surface area contributed by atoms with Gasteiger partial charge in [0.05, 0.1) is 12.0 Å². The molecule has 1 spiro atoms. The van der Waals surface area contributed by atoms with E-state index in [4.69, 9.17) is 4.74 Å². The largest absolute Gasteiger partial charge is 0.427 e. The average molecular weight is 556 g/mol. The Balaban J connectivity index is 1.48. The van der Waals surface area contributed by atoms with Crippen LogP contribution >= 0.6 is 0 Å². The second-order valence-electron chi connectivity index (χ2n) is 10.6. The summed E-state index contributed by atoms with van der Waals surface area (Å²) in [6.07, 6.45) is 5.42. The minimum Gasteiger partial charge on any atom is -0.427 e. The number of esters is 1. The third-order valence-electron chi connectivity index (χ3n) is 8.41. The van der Waals surface area contributed by atoms with E-state index in [9.17, 15) is 19.2 Å². The number of benzene rings is 3. The van der Waals surface area contributed by atoms with Crippen LogP contribution < -0.4 is 15.0 Å². The van der Waals surface area contributed by atoms with E-state index in [-0.39, 0.29) is 17.4 Å². The minimum atomic E-state index is -1.41. The van der Waals surface area contributed by atoms with Gasteiger partial charge >= 0.3 is 5.97 Å². The van der Waals surface area contributed by atoms with Gasteiger partial charge in [0.25, 0.3) is 0 Å². The first kappa shape index (κ1) is 25.6. The van der Waals surface area contributed by atoms with Crippen molar-refractivity contribution in [3.05, 3.63) is 126 Å². The van der Waals surface area contributed by atoms with Crippen molar-refractivity contribution >= 4 is 40.9 Å². The number of pyridine rings is 1. The van der Waals surface area contributed by atoms with Gasteiger partial charge in [-0.25, -0.2) is 0 Å². The molecule has 0 radical (unpaired) electrons. The van der Waals surface area contributed by atoms with Crippen LogP contribution in [0.2, 0.25) is 0 Å². The number of carbonyl (C=O) groups excluding carboxylic acids is 4. The normalized spacial score (nSPS) is 23.1. The predicted molar refractivity (Wildman–Crippen MR) is 156 cm³/mol. The zero-order valence-corrected chi connectivity index (χ0v) is 22.6. The van der Waals surface area contributed by atoms with E-state index in [1.54, 1.807) is 42.5 Å². The van der Waals surface area contributed by atoms with Crippen molar-refractivity contribution in [2.24, 2.45) is 5.92 Å². The number of anilines is 2. The SMILES string of the molecule is CC(=O)Oc1ccc(C(=O)[C@H]2[C@@H](C(=O)c3ccccn3)[C@]3(C(=O)Nc4ccccc43)[C@H]3C=Cc4ccccc4N23)cc1. The molecule has 4 atom stereocenters. The van der Waals surface area contributed by atoms with Gasteiger partial charge in [-0.1, -0.05) is 54.6 Å². The molecule has 8 nitrogen and oxygen atoms in total. The molecule has 0 aliphatic carbocycles. The number of hydrogen-bond donors (Lipinski definition) is 1. The van der Waals surface area contributed by atoms with Crippen molar-refractivity contribution in [1.82, 2.24) is 4.98 Å². The number of hydrogen-bond acceptors (Lipinski definition) is 7. The molecule has 1 aromatic heterocycles. The lowest BCUT2D eigenvalue weighted by atomic mass is 9.64. The van der Waals surface area contributed by atoms with Gasteiger partial charge in [0.2, 0.25) is 5.91 Å². The van der Waals surface area contributed by atoms with Crippen LogP contribution in [0.3, 0.4) is 0 Å². The molecule has 0 saturated carbocycles. The Kier molecular flexibility index (Phi) is 5.86. The highest BCUT2D eigenvalue weighted by Gasteiger charge is 2.70. The van der Waals surface area contributed by atoms with Crippen LogP contribution in [-0.2, 0) is 15.0 Å². The van der Waals surface area contributed by atoms with Crippen LogP contribution in [0.4, 0.5) is 11.4 Å². The third kappa shape index (κ3) is 3.65. The van der Waals surface area contributed by atoms with Crippen molar-refractivity contribution in [1.29, 1.82) is 0 Å². The number of Topliss-reactive ketones (excluding diaryl/α,β-unsaturated/α-hetero) is 2. The first-order chi connectivity index (χ1) is 20.4. The smallest absolute Gasteiger partial charge is 0.308 e. The highest BCUT2D eigenvalue weighted by atomic mass is 16.5. The summed E-state index contributed by atoms with van der Waals surface area (Å²) in [5.41, 5.74) is 2.02. The van der Waals surface area contributed by atoms with E-state index >= 15 is 0 Å². The first-order valence-corrected chi connectivity index (χ1v) is 13.7. The molecule has 1 fully saturated rings. The molecule has 206 valence electrons. The Morgan fingerprint density at radius 2 is 1.62 bits per heavy atom. The first-order valence-electron chi connectivity index (χ1n) is 13.7. The van der Waals surface area contributed by atoms with Gasteiger partial charge in [-0.05, 0) is 59.7 Å². The molecule has 1 saturated heterocycles. The maximum Gasteiger partial charge on any atom is 0.308 e. The number of nitrogens with one attached hydrogen (secondary N) is 1. The number of para-hydroxylation sites is 2. The van der Waals surface area contributed by atoms with Crippen molar-refractivity contribution in [3.8, 4) is 5.75 Å². The number of amides is 1. The maximum atomic E-state index is 14.7. The lowest BCUT2D eigenvalue weighted by Crippen LogP contribution is -2.51. The Bertz CT molecular complexity index is 1800. The quantitative estimate of drug-likeness (QED) is 0.213. The summed E-state index contributed by atoms with van der Waals surface area (Å²) < 4.78 is 5.17. The van der Waals surface area contributed by atoms with Crippen molar-refractivity contribution in [3.63, 3.8) is 0 Å². The number of aromatic nitrogens is 1. The zero-order valence-electron chi connectivity index (χ0n) is 22.6. The van der Waals surface area contributed by atoms with E-state index in [0.717, 1.165) is 11.3 Å². The van der Waals surface area contributed by atoms with E-state index in [1.165, 1.54) is 13.1 Å². The fraction of sp³-hybridized carbons (Fsp3) is 0.147. The van der Waals surface area contributed by atoms with E-state index in [1.807, 2.05) is 65.6 Å². The van der Waals surface area contributed by atoms with Gasteiger partial charge in [0.1, 0.15) is 22.9 Å². The Hall–Kier alpha value is -5.37. The number of nitrogens with zero attached hydrogens (tertiary/aromatic N) is 2. The Morgan fingerprint density at radius 3 is 2.38 bits per heavy atom. The van der Waals surface area contributed by atoms with Crippen LogP contribution in [0, 0.1) is 5.92 Å². The summed E-state index contributed by atoms with van der Waals surface area (Å²) in [6, 6.07) is 24.6. The van der Waals surface area contributed by atoms with Gasteiger partial charge < -0.3 is 15.0 Å². The van der Waals surface area contributed by atoms with E-state index in [2.05, 4.69) is 10.3 Å². The number of ketones is 2. The second kappa shape index (κ2) is 9.62. The van der Waals surface area contributed by atoms with E-state index < -0.39 is 35.2 Å². The topological polar surface area (TPSA) is 106 Å². The molecule has 8 heteroatoms. The number of ether oxygens (including phenoxy) is 1. The summed E-state index contributed by atoms with van der Waals surface area (Å²) in [6.45, 7) is 1.30. The average Bonchev–Trinajstić information content (AvgIpc) is 3.49. The molecule has 4 aromatic rings. The fourth-order valence-corrected chi connectivity index (χ4v) is 6.81. The van der Waals surface area contributed by atoms with Crippen molar-refractivity contribution in [2.75, 3.05) is 10.2 Å². The highest BCUT2D eigenvalue weighted by Crippen LogP contribution is 2.58. The lowest BCUT2D eigenvalue weighted by molar-refractivity contribution is -0.131. The summed E-state index contributed by atoms with van der Waals surface area (Å²) in [5.74, 6) is -2.34. The van der Waals surface area contributed by atoms with Gasteiger partial charge in [-0.15, -0.1) is 0 Å². The van der Waals surface area contributed by atoms with Gasteiger partial charge in [0.15, 0.2) is 11.6 Å². The second-order valence-corrected chi connectivity index (χ2v) is 10.6. The number of rotatable bonds is 5. The molecule has 1 amide bonds. The maximum absolute atomic E-state index is 14.7. The van der Waals surface area contributed by atoms with Crippen LogP contribution in [0.5, 0.6) is 5.75 Å². The zero-order chi connectivity index (χ0) is 29.0. The van der Waals surface area contributed by atoms with Crippen LogP contribution in [0.25, 0.3) is 6.08 Å². The van der Waals surface area contributed by atoms with Crippen LogP contribution in [0.1, 0.15) is 38.9 Å². The standard InChI is InChI=1S/C34H25N3O5/c1-20(38)42-23-16-13-22(14-17-23)31(39)30-29(32(40)26-11-6-7-19-35-26)34(24-9-3-4-10-25(24)36-33(34)41)28-18-15-21-8-2-5-12-27(21)37(28)30/h2-19,28-30H,1H3,(H,36,41)/t28-,29+,30-,34-/m1/s1.